The van der Waals surface area contributed by atoms with Crippen molar-refractivity contribution < 1.29 is 17.7 Å². The van der Waals surface area contributed by atoms with Gasteiger partial charge in [0.1, 0.15) is 10.6 Å². The number of methoxy groups -OCH3 is 1. The second-order valence-corrected chi connectivity index (χ2v) is 8.78. The van der Waals surface area contributed by atoms with Gasteiger partial charge < -0.3 is 9.26 Å². The molecule has 0 fully saturated rings. The SMILES string of the molecule is CCC(C)N(Cc1nc(-c2ccccc2)no1)S(=O)(=O)c1cc(Cl)ccc1OC. The molecule has 0 saturated carbocycles. The molecule has 29 heavy (non-hydrogen) atoms. The second kappa shape index (κ2) is 8.94. The maximum atomic E-state index is 13.4. The molecule has 1 atom stereocenters. The van der Waals surface area contributed by atoms with E-state index in [4.69, 9.17) is 20.9 Å². The summed E-state index contributed by atoms with van der Waals surface area (Å²) in [6, 6.07) is 13.5. The van der Waals surface area contributed by atoms with Crippen LogP contribution in [0.2, 0.25) is 5.02 Å². The van der Waals surface area contributed by atoms with E-state index < -0.39 is 10.0 Å². The summed E-state index contributed by atoms with van der Waals surface area (Å²) in [5.74, 6) is 0.828. The molecule has 1 aromatic heterocycles. The first-order chi connectivity index (χ1) is 13.9. The second-order valence-electron chi connectivity index (χ2n) is 6.48. The lowest BCUT2D eigenvalue weighted by molar-refractivity contribution is 0.271. The minimum Gasteiger partial charge on any atom is -0.495 e. The third-order valence-electron chi connectivity index (χ3n) is 4.59. The smallest absolute Gasteiger partial charge is 0.247 e. The fourth-order valence-electron chi connectivity index (χ4n) is 2.82. The van der Waals surface area contributed by atoms with Crippen LogP contribution >= 0.6 is 11.6 Å². The Kier molecular flexibility index (Phi) is 6.56. The third kappa shape index (κ3) is 4.60. The van der Waals surface area contributed by atoms with Crippen molar-refractivity contribution in [3.8, 4) is 17.1 Å². The molecule has 0 saturated heterocycles. The van der Waals surface area contributed by atoms with Crippen LogP contribution in [0.1, 0.15) is 26.2 Å². The number of sulfonamides is 1. The summed E-state index contributed by atoms with van der Waals surface area (Å²) in [5, 5.41) is 4.28. The number of hydrogen-bond acceptors (Lipinski definition) is 6. The Bertz CT molecular complexity index is 1070. The zero-order valence-corrected chi connectivity index (χ0v) is 17.9. The van der Waals surface area contributed by atoms with Crippen molar-refractivity contribution in [3.63, 3.8) is 0 Å². The van der Waals surface area contributed by atoms with E-state index in [9.17, 15) is 8.42 Å². The van der Waals surface area contributed by atoms with E-state index in [1.807, 2.05) is 44.2 Å². The zero-order valence-electron chi connectivity index (χ0n) is 16.4. The summed E-state index contributed by atoms with van der Waals surface area (Å²) in [4.78, 5) is 4.36. The highest BCUT2D eigenvalue weighted by Gasteiger charge is 2.33. The normalized spacial score (nSPS) is 12.9. The first-order valence-electron chi connectivity index (χ1n) is 9.10. The van der Waals surface area contributed by atoms with Gasteiger partial charge in [-0.1, -0.05) is 54.0 Å². The van der Waals surface area contributed by atoms with Gasteiger partial charge in [-0.15, -0.1) is 0 Å². The largest absolute Gasteiger partial charge is 0.495 e. The van der Waals surface area contributed by atoms with Gasteiger partial charge in [0.25, 0.3) is 0 Å². The number of halogens is 1. The van der Waals surface area contributed by atoms with Crippen LogP contribution in [0.5, 0.6) is 5.75 Å². The van der Waals surface area contributed by atoms with E-state index >= 15 is 0 Å². The number of aromatic nitrogens is 2. The third-order valence-corrected chi connectivity index (χ3v) is 6.80. The summed E-state index contributed by atoms with van der Waals surface area (Å²) >= 11 is 6.05. The van der Waals surface area contributed by atoms with E-state index in [-0.39, 0.29) is 29.1 Å². The molecule has 0 aliphatic carbocycles. The van der Waals surface area contributed by atoms with E-state index in [0.29, 0.717) is 17.3 Å². The lowest BCUT2D eigenvalue weighted by Gasteiger charge is -2.27. The van der Waals surface area contributed by atoms with E-state index in [1.165, 1.54) is 23.5 Å². The van der Waals surface area contributed by atoms with Gasteiger partial charge >= 0.3 is 0 Å². The van der Waals surface area contributed by atoms with Crippen molar-refractivity contribution >= 4 is 21.6 Å². The summed E-state index contributed by atoms with van der Waals surface area (Å²) in [7, 11) is -2.52. The Morgan fingerprint density at radius 1 is 1.21 bits per heavy atom. The van der Waals surface area contributed by atoms with Crippen LogP contribution in [-0.2, 0) is 16.6 Å². The average molecular weight is 436 g/mol. The highest BCUT2D eigenvalue weighted by Crippen LogP contribution is 2.32. The molecule has 0 aliphatic rings. The Balaban J connectivity index is 1.97. The molecule has 0 aliphatic heterocycles. The van der Waals surface area contributed by atoms with Gasteiger partial charge in [-0.3, -0.25) is 0 Å². The van der Waals surface area contributed by atoms with Gasteiger partial charge in [0.15, 0.2) is 0 Å². The van der Waals surface area contributed by atoms with Crippen LogP contribution in [0, 0.1) is 0 Å². The number of nitrogens with zero attached hydrogens (tertiary/aromatic N) is 3. The number of ether oxygens (including phenoxy) is 1. The molecule has 1 heterocycles. The van der Waals surface area contributed by atoms with Gasteiger partial charge in [-0.2, -0.15) is 9.29 Å². The van der Waals surface area contributed by atoms with Crippen molar-refractivity contribution in [3.05, 3.63) is 59.4 Å². The highest BCUT2D eigenvalue weighted by molar-refractivity contribution is 7.89. The highest BCUT2D eigenvalue weighted by atomic mass is 35.5. The Morgan fingerprint density at radius 2 is 1.93 bits per heavy atom. The number of rotatable bonds is 8. The fourth-order valence-corrected chi connectivity index (χ4v) is 4.89. The quantitative estimate of drug-likeness (QED) is 0.521. The summed E-state index contributed by atoms with van der Waals surface area (Å²) in [6.07, 6.45) is 0.599. The predicted molar refractivity (Wildman–Crippen MR) is 110 cm³/mol. The molecular weight excluding hydrogens is 414 g/mol. The van der Waals surface area contributed by atoms with Crippen LogP contribution in [0.3, 0.4) is 0 Å². The molecule has 3 rings (SSSR count). The molecule has 9 heteroatoms. The number of benzene rings is 2. The Morgan fingerprint density at radius 3 is 2.59 bits per heavy atom. The average Bonchev–Trinajstić information content (AvgIpc) is 3.21. The van der Waals surface area contributed by atoms with E-state index in [0.717, 1.165) is 5.56 Å². The van der Waals surface area contributed by atoms with Crippen molar-refractivity contribution in [2.45, 2.75) is 37.8 Å². The van der Waals surface area contributed by atoms with Gasteiger partial charge in [0, 0.05) is 16.6 Å². The lowest BCUT2D eigenvalue weighted by Crippen LogP contribution is -2.38. The van der Waals surface area contributed by atoms with Crippen LogP contribution in [0.15, 0.2) is 57.9 Å². The minimum atomic E-state index is -3.94. The van der Waals surface area contributed by atoms with Gasteiger partial charge in [-0.05, 0) is 31.5 Å². The van der Waals surface area contributed by atoms with Gasteiger partial charge in [-0.25, -0.2) is 8.42 Å². The maximum absolute atomic E-state index is 13.4. The first-order valence-corrected chi connectivity index (χ1v) is 10.9. The van der Waals surface area contributed by atoms with Crippen molar-refractivity contribution in [1.29, 1.82) is 0 Å². The van der Waals surface area contributed by atoms with Crippen LogP contribution in [0.25, 0.3) is 11.4 Å². The summed E-state index contributed by atoms with van der Waals surface area (Å²) < 4.78 is 38.8. The standard InChI is InChI=1S/C20H22ClN3O4S/c1-4-14(2)24(29(25,26)18-12-16(21)10-11-17(18)27-3)13-19-22-20(23-28-19)15-8-6-5-7-9-15/h5-12,14H,4,13H2,1-3H3. The molecule has 2 aromatic carbocycles. The summed E-state index contributed by atoms with van der Waals surface area (Å²) in [6.45, 7) is 3.67. The maximum Gasteiger partial charge on any atom is 0.247 e. The Labute approximate surface area is 175 Å². The van der Waals surface area contributed by atoms with Gasteiger partial charge in [0.05, 0.1) is 13.7 Å². The number of hydrogen-bond donors (Lipinski definition) is 0. The molecule has 0 radical (unpaired) electrons. The molecule has 3 aromatic rings. The molecule has 0 amide bonds. The zero-order chi connectivity index (χ0) is 21.0. The topological polar surface area (TPSA) is 85.5 Å². The molecule has 0 bridgehead atoms. The predicted octanol–water partition coefficient (Wildman–Crippen LogP) is 4.39. The van der Waals surface area contributed by atoms with Gasteiger partial charge in [0.2, 0.25) is 21.7 Å². The van der Waals surface area contributed by atoms with Crippen molar-refractivity contribution in [2.75, 3.05) is 7.11 Å². The van der Waals surface area contributed by atoms with Crippen LogP contribution in [-0.4, -0.2) is 36.0 Å². The molecule has 0 spiro atoms. The molecule has 7 nitrogen and oxygen atoms in total. The van der Waals surface area contributed by atoms with E-state index in [2.05, 4.69) is 10.1 Å². The van der Waals surface area contributed by atoms with Crippen molar-refractivity contribution in [1.82, 2.24) is 14.4 Å². The van der Waals surface area contributed by atoms with Crippen LogP contribution in [0.4, 0.5) is 0 Å². The van der Waals surface area contributed by atoms with Crippen molar-refractivity contribution in [2.24, 2.45) is 0 Å². The fraction of sp³-hybridized carbons (Fsp3) is 0.300. The minimum absolute atomic E-state index is 0.00408. The summed E-state index contributed by atoms with van der Waals surface area (Å²) in [5.41, 5.74) is 0.789. The van der Waals surface area contributed by atoms with E-state index in [1.54, 1.807) is 6.07 Å². The lowest BCUT2D eigenvalue weighted by atomic mass is 10.2. The monoisotopic (exact) mass is 435 g/mol. The Hall–Kier alpha value is -2.42. The molecular formula is C20H22ClN3O4S. The first kappa shape index (κ1) is 21.3. The van der Waals surface area contributed by atoms with Crippen LogP contribution < -0.4 is 4.74 Å². The molecule has 1 unspecified atom stereocenters. The molecule has 154 valence electrons. The molecule has 0 N–H and O–H groups in total.